The third-order valence-corrected chi connectivity index (χ3v) is 7.58. The third kappa shape index (κ3) is 3.02. The summed E-state index contributed by atoms with van der Waals surface area (Å²) >= 11 is 1.52. The van der Waals surface area contributed by atoms with Crippen molar-refractivity contribution in [3.8, 4) is 0 Å². The lowest BCUT2D eigenvalue weighted by molar-refractivity contribution is 0.00212. The molecule has 0 radical (unpaired) electrons. The topological polar surface area (TPSA) is 71.8 Å². The number of thiophene rings is 1. The summed E-state index contributed by atoms with van der Waals surface area (Å²) in [6, 6.07) is 5.42. The van der Waals surface area contributed by atoms with Gasteiger partial charge in [0, 0.05) is 38.0 Å². The van der Waals surface area contributed by atoms with E-state index in [1.54, 1.807) is 19.1 Å². The molecular weight excluding hydrogens is 376 g/mol. The van der Waals surface area contributed by atoms with Gasteiger partial charge in [-0.2, -0.15) is 0 Å². The monoisotopic (exact) mass is 400 g/mol. The number of carbonyl (C=O) groups excluding carboxylic acids is 2. The van der Waals surface area contributed by atoms with Crippen molar-refractivity contribution in [2.45, 2.75) is 38.0 Å². The summed E-state index contributed by atoms with van der Waals surface area (Å²) in [6.45, 7) is 4.99. The number of rotatable bonds is 6. The molecule has 7 heteroatoms. The van der Waals surface area contributed by atoms with Crippen LogP contribution >= 0.6 is 11.3 Å². The Bertz CT molecular complexity index is 892. The van der Waals surface area contributed by atoms with Gasteiger partial charge in [0.05, 0.1) is 22.8 Å². The van der Waals surface area contributed by atoms with Gasteiger partial charge in [-0.3, -0.25) is 14.5 Å². The summed E-state index contributed by atoms with van der Waals surface area (Å²) in [5.74, 6) is 1.10. The van der Waals surface area contributed by atoms with Crippen molar-refractivity contribution in [1.82, 2.24) is 10.2 Å². The molecule has 3 saturated heterocycles. The van der Waals surface area contributed by atoms with Gasteiger partial charge in [-0.05, 0) is 48.9 Å². The van der Waals surface area contributed by atoms with Crippen LogP contribution < -0.4 is 5.32 Å². The highest BCUT2D eigenvalue weighted by Gasteiger charge is 2.62. The van der Waals surface area contributed by atoms with Crippen LogP contribution in [0.5, 0.6) is 0 Å². The van der Waals surface area contributed by atoms with E-state index in [1.165, 1.54) is 23.2 Å². The normalized spacial score (nSPS) is 31.2. The van der Waals surface area contributed by atoms with E-state index in [4.69, 9.17) is 9.15 Å². The van der Waals surface area contributed by atoms with E-state index in [0.29, 0.717) is 24.1 Å². The van der Waals surface area contributed by atoms with Crippen molar-refractivity contribution in [2.24, 2.45) is 11.8 Å². The van der Waals surface area contributed by atoms with Crippen molar-refractivity contribution in [2.75, 3.05) is 19.6 Å². The maximum absolute atomic E-state index is 12.2. The van der Waals surface area contributed by atoms with E-state index in [0.717, 1.165) is 37.4 Å². The molecule has 0 unspecified atom stereocenters. The number of fused-ring (bicyclic) bond motifs is 1. The van der Waals surface area contributed by atoms with E-state index < -0.39 is 0 Å². The van der Waals surface area contributed by atoms with Gasteiger partial charge in [0.1, 0.15) is 0 Å². The van der Waals surface area contributed by atoms with Gasteiger partial charge in [0.25, 0.3) is 5.91 Å². The van der Waals surface area contributed by atoms with Crippen LogP contribution in [0.1, 0.15) is 45.6 Å². The second-order valence-corrected chi connectivity index (χ2v) is 9.17. The second kappa shape index (κ2) is 6.83. The number of carbonyl (C=O) groups is 2. The minimum Gasteiger partial charge on any atom is -0.459 e. The van der Waals surface area contributed by atoms with Crippen molar-refractivity contribution in [1.29, 1.82) is 0 Å². The Morgan fingerprint density at radius 3 is 3.07 bits per heavy atom. The lowest BCUT2D eigenvalue weighted by Crippen LogP contribution is -2.41. The van der Waals surface area contributed by atoms with Crippen LogP contribution in [0, 0.1) is 11.8 Å². The van der Waals surface area contributed by atoms with Gasteiger partial charge in [0.2, 0.25) is 0 Å². The molecule has 1 N–H and O–H groups in total. The number of likely N-dealkylation sites (tertiary alicyclic amines) is 1. The highest BCUT2D eigenvalue weighted by atomic mass is 32.1. The zero-order valence-corrected chi connectivity index (χ0v) is 16.7. The Labute approximate surface area is 167 Å². The Morgan fingerprint density at radius 2 is 2.32 bits per heavy atom. The highest BCUT2D eigenvalue weighted by molar-refractivity contribution is 7.12. The van der Waals surface area contributed by atoms with Crippen molar-refractivity contribution in [3.05, 3.63) is 46.0 Å². The van der Waals surface area contributed by atoms with E-state index in [2.05, 4.69) is 15.6 Å². The zero-order valence-electron chi connectivity index (χ0n) is 15.8. The highest BCUT2D eigenvalue weighted by Crippen LogP contribution is 2.54. The molecule has 2 aromatic rings. The number of nitrogens with one attached hydrogen (secondary N) is 1. The fourth-order valence-corrected chi connectivity index (χ4v) is 6.09. The average Bonchev–Trinajstić information content (AvgIpc) is 3.44. The number of ether oxygens (including phenoxy) is 1. The lowest BCUT2D eigenvalue weighted by Gasteiger charge is -2.29. The van der Waals surface area contributed by atoms with Gasteiger partial charge in [-0.15, -0.1) is 11.3 Å². The zero-order chi connectivity index (χ0) is 19.3. The molecule has 0 aromatic carbocycles. The molecule has 0 saturated carbocycles. The molecule has 3 aliphatic heterocycles. The first-order chi connectivity index (χ1) is 13.5. The number of hydrogen-bond acceptors (Lipinski definition) is 6. The number of amides is 1. The lowest BCUT2D eigenvalue weighted by atomic mass is 9.73. The van der Waals surface area contributed by atoms with Gasteiger partial charge >= 0.3 is 0 Å². The summed E-state index contributed by atoms with van der Waals surface area (Å²) in [7, 11) is 0. The molecule has 2 bridgehead atoms. The molecule has 5 rings (SSSR count). The first-order valence-corrected chi connectivity index (χ1v) is 10.7. The largest absolute Gasteiger partial charge is 0.459 e. The van der Waals surface area contributed by atoms with Crippen LogP contribution in [-0.4, -0.2) is 47.9 Å². The fraction of sp³-hybridized carbons (Fsp3) is 0.524. The second-order valence-electron chi connectivity index (χ2n) is 8.26. The van der Waals surface area contributed by atoms with E-state index in [-0.39, 0.29) is 23.4 Å². The first kappa shape index (κ1) is 18.1. The van der Waals surface area contributed by atoms with Gasteiger partial charge in [-0.25, -0.2) is 0 Å². The molecule has 28 heavy (non-hydrogen) atoms. The number of ketones is 1. The number of Topliss-reactive ketones (excluding diaryl/α,β-unsaturated/α-hetero) is 1. The van der Waals surface area contributed by atoms with Gasteiger partial charge in [-0.1, -0.05) is 0 Å². The van der Waals surface area contributed by atoms with Crippen molar-refractivity contribution in [3.63, 3.8) is 0 Å². The molecule has 4 atom stereocenters. The SMILES string of the molecule is CC(=O)c1cc(CN2C[C@@H]3[C@H](CNC(=O)c4ccco4)[C@H]4CC[C@]3(C2)O4)cs1. The molecular formula is C21H24N2O4S. The molecule has 2 aromatic heterocycles. The maximum Gasteiger partial charge on any atom is 0.286 e. The van der Waals surface area contributed by atoms with Crippen LogP contribution in [0.2, 0.25) is 0 Å². The third-order valence-electron chi connectivity index (χ3n) is 6.50. The average molecular weight is 401 g/mol. The van der Waals surface area contributed by atoms with Gasteiger partial charge in [0.15, 0.2) is 11.5 Å². The molecule has 148 valence electrons. The number of hydrogen-bond donors (Lipinski definition) is 1. The Hall–Kier alpha value is -1.96. The van der Waals surface area contributed by atoms with Crippen LogP contribution in [0.4, 0.5) is 0 Å². The molecule has 3 fully saturated rings. The minimum absolute atomic E-state index is 0.0653. The number of nitrogens with zero attached hydrogens (tertiary/aromatic N) is 1. The molecule has 1 amide bonds. The van der Waals surface area contributed by atoms with Gasteiger partial charge < -0.3 is 14.5 Å². The summed E-state index contributed by atoms with van der Waals surface area (Å²) in [5.41, 5.74) is 1.13. The molecule has 0 aliphatic carbocycles. The molecule has 6 nitrogen and oxygen atoms in total. The molecule has 1 spiro atoms. The standard InChI is InChI=1S/C21H24N2O4S/c1-13(24)19-7-14(11-28-19)9-23-10-16-15(17-4-5-21(16,12-23)27-17)8-22-20(25)18-3-2-6-26-18/h2-3,6-7,11,15-17H,4-5,8-10,12H2,1H3,(H,22,25)/t15-,16+,17+,21+/m0/s1. The summed E-state index contributed by atoms with van der Waals surface area (Å²) in [6.07, 6.45) is 3.93. The quantitative estimate of drug-likeness (QED) is 0.755. The van der Waals surface area contributed by atoms with E-state index >= 15 is 0 Å². The summed E-state index contributed by atoms with van der Waals surface area (Å²) in [4.78, 5) is 27.1. The predicted octanol–water partition coefficient (Wildman–Crippen LogP) is 2.95. The molecule has 5 heterocycles. The van der Waals surface area contributed by atoms with Crippen molar-refractivity contribution >= 4 is 23.0 Å². The Morgan fingerprint density at radius 1 is 1.43 bits per heavy atom. The smallest absolute Gasteiger partial charge is 0.286 e. The van der Waals surface area contributed by atoms with E-state index in [1.807, 2.05) is 6.07 Å². The molecule has 3 aliphatic rings. The first-order valence-electron chi connectivity index (χ1n) is 9.84. The van der Waals surface area contributed by atoms with Crippen LogP contribution in [0.3, 0.4) is 0 Å². The minimum atomic E-state index is -0.160. The maximum atomic E-state index is 12.2. The van der Waals surface area contributed by atoms with Crippen LogP contribution in [-0.2, 0) is 11.3 Å². The van der Waals surface area contributed by atoms with Crippen LogP contribution in [0.25, 0.3) is 0 Å². The summed E-state index contributed by atoms with van der Waals surface area (Å²) < 4.78 is 11.6. The summed E-state index contributed by atoms with van der Waals surface area (Å²) in [5, 5.41) is 5.12. The number of furan rings is 1. The fourth-order valence-electron chi connectivity index (χ4n) is 5.29. The Kier molecular flexibility index (Phi) is 4.41. The van der Waals surface area contributed by atoms with E-state index in [9.17, 15) is 9.59 Å². The Balaban J connectivity index is 1.24. The van der Waals surface area contributed by atoms with Crippen molar-refractivity contribution < 1.29 is 18.7 Å². The predicted molar refractivity (Wildman–Crippen MR) is 104 cm³/mol. The van der Waals surface area contributed by atoms with Crippen LogP contribution in [0.15, 0.2) is 34.3 Å².